The number of carbonyl (C=O) groups is 1. The van der Waals surface area contributed by atoms with Gasteiger partial charge in [-0.25, -0.2) is 4.98 Å². The number of aryl methyl sites for hydroxylation is 2. The zero-order valence-electron chi connectivity index (χ0n) is 18.8. The van der Waals surface area contributed by atoms with Crippen molar-refractivity contribution in [3.63, 3.8) is 0 Å². The van der Waals surface area contributed by atoms with E-state index >= 15 is 0 Å². The topological polar surface area (TPSA) is 74.3 Å². The maximum absolute atomic E-state index is 13.2. The lowest BCUT2D eigenvalue weighted by Gasteiger charge is -2.27. The molecule has 1 N–H and O–H groups in total. The van der Waals surface area contributed by atoms with E-state index in [4.69, 9.17) is 9.72 Å². The predicted octanol–water partition coefficient (Wildman–Crippen LogP) is 2.96. The second-order valence-corrected chi connectivity index (χ2v) is 9.12. The number of hydrogen-bond donors (Lipinski definition) is 1. The number of amides is 1. The van der Waals surface area contributed by atoms with Gasteiger partial charge in [-0.05, 0) is 43.2 Å². The number of benzene rings is 2. The number of rotatable bonds is 5. The molecule has 2 atom stereocenters. The third kappa shape index (κ3) is 3.56. The number of carbonyl (C=O) groups excluding carboxylic acids is 1. The van der Waals surface area contributed by atoms with Crippen molar-refractivity contribution in [2.75, 3.05) is 33.3 Å². The lowest BCUT2D eigenvalue weighted by molar-refractivity contribution is 0.0769. The summed E-state index contributed by atoms with van der Waals surface area (Å²) in [6.45, 7) is 7.97. The molecule has 0 radical (unpaired) electrons. The summed E-state index contributed by atoms with van der Waals surface area (Å²) in [5, 5.41) is 7.58. The Hall–Kier alpha value is -3.19. The average molecular weight is 432 g/mol. The summed E-state index contributed by atoms with van der Waals surface area (Å²) < 4.78 is 5.41. The summed E-state index contributed by atoms with van der Waals surface area (Å²) in [7, 11) is 1.70. The molecule has 2 unspecified atom stereocenters. The molecule has 1 amide bonds. The first-order chi connectivity index (χ1) is 15.5. The van der Waals surface area contributed by atoms with Crippen LogP contribution in [0.15, 0.2) is 48.5 Å². The molecule has 2 aliphatic heterocycles. The van der Waals surface area contributed by atoms with Gasteiger partial charge < -0.3 is 9.64 Å². The monoisotopic (exact) mass is 431 g/mol. The van der Waals surface area contributed by atoms with Gasteiger partial charge in [0.15, 0.2) is 5.82 Å². The quantitative estimate of drug-likeness (QED) is 0.672. The number of nitrogens with zero attached hydrogens (tertiary/aromatic N) is 4. The van der Waals surface area contributed by atoms with Crippen LogP contribution in [0.25, 0.3) is 0 Å². The highest BCUT2D eigenvalue weighted by Crippen LogP contribution is 2.44. The first-order valence-corrected chi connectivity index (χ1v) is 11.1. The molecule has 32 heavy (non-hydrogen) atoms. The Morgan fingerprint density at radius 1 is 1.16 bits per heavy atom. The number of likely N-dealkylation sites (tertiary alicyclic amines) is 2. The number of hydrogen-bond acceptors (Lipinski definition) is 5. The van der Waals surface area contributed by atoms with Gasteiger partial charge in [0.05, 0.1) is 12.5 Å². The van der Waals surface area contributed by atoms with Gasteiger partial charge in [0, 0.05) is 44.2 Å². The minimum Gasteiger partial charge on any atom is -0.496 e. The molecule has 3 aromatic rings. The van der Waals surface area contributed by atoms with Gasteiger partial charge in [-0.1, -0.05) is 30.3 Å². The van der Waals surface area contributed by atoms with E-state index in [1.807, 2.05) is 48.2 Å². The molecule has 2 saturated heterocycles. The van der Waals surface area contributed by atoms with Crippen LogP contribution in [0.5, 0.6) is 5.75 Å². The van der Waals surface area contributed by atoms with Crippen LogP contribution in [-0.2, 0) is 12.0 Å². The van der Waals surface area contributed by atoms with E-state index in [0.717, 1.165) is 54.7 Å². The second kappa shape index (κ2) is 8.06. The van der Waals surface area contributed by atoms with Crippen molar-refractivity contribution in [3.05, 3.63) is 76.9 Å². The fraction of sp³-hybridized carbons (Fsp3) is 0.400. The van der Waals surface area contributed by atoms with Crippen molar-refractivity contribution in [1.29, 1.82) is 0 Å². The van der Waals surface area contributed by atoms with E-state index in [0.29, 0.717) is 12.5 Å². The average Bonchev–Trinajstić information content (AvgIpc) is 3.47. The molecule has 2 aromatic carbocycles. The Morgan fingerprint density at radius 2 is 1.97 bits per heavy atom. The Kier molecular flexibility index (Phi) is 5.21. The number of nitrogens with one attached hydrogen (secondary N) is 1. The maximum Gasteiger partial charge on any atom is 0.253 e. The number of aromatic amines is 1. The van der Waals surface area contributed by atoms with E-state index in [1.54, 1.807) is 7.11 Å². The number of ether oxygens (including phenoxy) is 1. The highest BCUT2D eigenvalue weighted by Gasteiger charge is 2.56. The molecule has 2 fully saturated rings. The zero-order valence-corrected chi connectivity index (χ0v) is 18.8. The highest BCUT2D eigenvalue weighted by atomic mass is 16.5. The van der Waals surface area contributed by atoms with Crippen LogP contribution in [0, 0.1) is 19.8 Å². The summed E-state index contributed by atoms with van der Waals surface area (Å²) in [5.74, 6) is 2.94. The predicted molar refractivity (Wildman–Crippen MR) is 122 cm³/mol. The molecule has 5 rings (SSSR count). The van der Waals surface area contributed by atoms with Gasteiger partial charge in [0.1, 0.15) is 11.6 Å². The molecule has 3 heterocycles. The molecule has 0 bridgehead atoms. The van der Waals surface area contributed by atoms with Crippen molar-refractivity contribution in [1.82, 2.24) is 25.0 Å². The Morgan fingerprint density at radius 3 is 2.66 bits per heavy atom. The molecule has 0 spiro atoms. The van der Waals surface area contributed by atoms with Crippen LogP contribution < -0.4 is 4.74 Å². The molecular formula is C25H29N5O2. The Labute approximate surface area is 188 Å². The Balaban J connectivity index is 1.39. The van der Waals surface area contributed by atoms with E-state index < -0.39 is 0 Å². The van der Waals surface area contributed by atoms with Crippen LogP contribution in [0.1, 0.15) is 33.1 Å². The van der Waals surface area contributed by atoms with Gasteiger partial charge in [0.2, 0.25) is 0 Å². The number of H-pyrrole nitrogens is 1. The van der Waals surface area contributed by atoms with Gasteiger partial charge in [-0.15, -0.1) is 0 Å². The third-order valence-electron chi connectivity index (χ3n) is 6.90. The maximum atomic E-state index is 13.2. The molecular weight excluding hydrogens is 402 g/mol. The van der Waals surface area contributed by atoms with E-state index in [-0.39, 0.29) is 11.3 Å². The molecule has 7 nitrogen and oxygen atoms in total. The standard InChI is InChI=1S/C25H29N5O2/c1-17-11-19(9-10-22(17)32-3)12-29-13-21-14-30(23(31)20-7-5-4-6-8-20)16-25(21,15-29)24-26-18(2)27-28-24/h4-11,21H,12-16H2,1-3H3,(H,26,27,28). The summed E-state index contributed by atoms with van der Waals surface area (Å²) in [6.07, 6.45) is 0. The van der Waals surface area contributed by atoms with Crippen LogP contribution in [0.2, 0.25) is 0 Å². The lowest BCUT2D eigenvalue weighted by Crippen LogP contribution is -2.40. The summed E-state index contributed by atoms with van der Waals surface area (Å²) in [6, 6.07) is 15.9. The molecule has 2 aliphatic rings. The molecule has 0 aliphatic carbocycles. The first kappa shape index (κ1) is 20.7. The smallest absolute Gasteiger partial charge is 0.253 e. The largest absolute Gasteiger partial charge is 0.496 e. The van der Waals surface area contributed by atoms with E-state index in [2.05, 4.69) is 34.2 Å². The van der Waals surface area contributed by atoms with Gasteiger partial charge in [-0.3, -0.25) is 14.8 Å². The summed E-state index contributed by atoms with van der Waals surface area (Å²) in [5.41, 5.74) is 2.89. The van der Waals surface area contributed by atoms with E-state index in [9.17, 15) is 4.79 Å². The molecule has 7 heteroatoms. The van der Waals surface area contributed by atoms with Gasteiger partial charge >= 0.3 is 0 Å². The number of aromatic nitrogens is 3. The van der Waals surface area contributed by atoms with Gasteiger partial charge in [-0.2, -0.15) is 5.10 Å². The minimum atomic E-state index is -0.253. The van der Waals surface area contributed by atoms with Crippen molar-refractivity contribution in [2.24, 2.45) is 5.92 Å². The normalized spacial score (nSPS) is 22.8. The molecule has 1 aromatic heterocycles. The number of fused-ring (bicyclic) bond motifs is 1. The van der Waals surface area contributed by atoms with Crippen molar-refractivity contribution in [2.45, 2.75) is 25.8 Å². The van der Waals surface area contributed by atoms with Crippen LogP contribution >= 0.6 is 0 Å². The van der Waals surface area contributed by atoms with E-state index in [1.165, 1.54) is 5.56 Å². The summed E-state index contributed by atoms with van der Waals surface area (Å²) in [4.78, 5) is 22.4. The van der Waals surface area contributed by atoms with Crippen LogP contribution in [-0.4, -0.2) is 64.2 Å². The van der Waals surface area contributed by atoms with Gasteiger partial charge in [0.25, 0.3) is 5.91 Å². The SMILES string of the molecule is COc1ccc(CN2CC3CN(C(=O)c4ccccc4)CC3(c3n[nH]c(C)n3)C2)cc1C. The van der Waals surface area contributed by atoms with Crippen molar-refractivity contribution < 1.29 is 9.53 Å². The third-order valence-corrected chi connectivity index (χ3v) is 6.90. The van der Waals surface area contributed by atoms with Crippen molar-refractivity contribution >= 4 is 5.91 Å². The van der Waals surface area contributed by atoms with Crippen LogP contribution in [0.3, 0.4) is 0 Å². The fourth-order valence-electron chi connectivity index (χ4n) is 5.39. The Bertz CT molecular complexity index is 1130. The zero-order chi connectivity index (χ0) is 22.3. The fourth-order valence-corrected chi connectivity index (χ4v) is 5.39. The molecule has 166 valence electrons. The minimum absolute atomic E-state index is 0.0870. The lowest BCUT2D eigenvalue weighted by atomic mass is 9.80. The highest BCUT2D eigenvalue weighted by molar-refractivity contribution is 5.94. The van der Waals surface area contributed by atoms with Crippen molar-refractivity contribution in [3.8, 4) is 5.75 Å². The second-order valence-electron chi connectivity index (χ2n) is 9.12. The first-order valence-electron chi connectivity index (χ1n) is 11.1. The molecule has 0 saturated carbocycles. The van der Waals surface area contributed by atoms with Crippen LogP contribution in [0.4, 0.5) is 0 Å². The summed E-state index contributed by atoms with van der Waals surface area (Å²) >= 11 is 0. The number of methoxy groups -OCH3 is 1.